The van der Waals surface area contributed by atoms with Gasteiger partial charge in [0.1, 0.15) is 0 Å². The molecule has 0 saturated heterocycles. The third-order valence-corrected chi connectivity index (χ3v) is 3.60. The van der Waals surface area contributed by atoms with E-state index in [0.29, 0.717) is 0 Å². The van der Waals surface area contributed by atoms with E-state index in [-0.39, 0.29) is 11.8 Å². The van der Waals surface area contributed by atoms with E-state index in [2.05, 4.69) is 24.4 Å². The molecule has 0 spiro atoms. The topological polar surface area (TPSA) is 29.1 Å². The summed E-state index contributed by atoms with van der Waals surface area (Å²) in [5.41, 5.74) is 4.30. The SMILES string of the molecule is CCc1ccc(C)cc1NC(=O)C(C)c1ccccc1. The van der Waals surface area contributed by atoms with Gasteiger partial charge in [-0.15, -0.1) is 0 Å². The Labute approximate surface area is 120 Å². The third-order valence-electron chi connectivity index (χ3n) is 3.60. The van der Waals surface area contributed by atoms with Gasteiger partial charge in [-0.3, -0.25) is 4.79 Å². The second kappa shape index (κ2) is 6.38. The minimum atomic E-state index is -0.151. The summed E-state index contributed by atoms with van der Waals surface area (Å²) in [7, 11) is 0. The Morgan fingerprint density at radius 1 is 1.15 bits per heavy atom. The van der Waals surface area contributed by atoms with Crippen LogP contribution >= 0.6 is 0 Å². The van der Waals surface area contributed by atoms with Crippen molar-refractivity contribution in [1.29, 1.82) is 0 Å². The first-order valence-corrected chi connectivity index (χ1v) is 7.07. The van der Waals surface area contributed by atoms with Gasteiger partial charge in [-0.05, 0) is 43.0 Å². The molecule has 0 fully saturated rings. The van der Waals surface area contributed by atoms with Crippen molar-refractivity contribution in [2.24, 2.45) is 0 Å². The lowest BCUT2D eigenvalue weighted by molar-refractivity contribution is -0.117. The second-order valence-corrected chi connectivity index (χ2v) is 5.14. The molecule has 0 aliphatic heterocycles. The van der Waals surface area contributed by atoms with Crippen LogP contribution in [-0.4, -0.2) is 5.91 Å². The number of aryl methyl sites for hydroxylation is 2. The zero-order valence-electron chi connectivity index (χ0n) is 12.3. The summed E-state index contributed by atoms with van der Waals surface area (Å²) in [5, 5.41) is 3.06. The Balaban J connectivity index is 2.18. The van der Waals surface area contributed by atoms with Gasteiger partial charge in [0.15, 0.2) is 0 Å². The van der Waals surface area contributed by atoms with Gasteiger partial charge in [-0.1, -0.05) is 49.4 Å². The van der Waals surface area contributed by atoms with Crippen LogP contribution in [0, 0.1) is 6.92 Å². The van der Waals surface area contributed by atoms with Gasteiger partial charge in [0, 0.05) is 5.69 Å². The fourth-order valence-electron chi connectivity index (χ4n) is 2.25. The normalized spacial score (nSPS) is 11.9. The molecule has 0 heterocycles. The average molecular weight is 267 g/mol. The largest absolute Gasteiger partial charge is 0.325 e. The Morgan fingerprint density at radius 2 is 1.85 bits per heavy atom. The molecule has 1 N–H and O–H groups in total. The smallest absolute Gasteiger partial charge is 0.231 e. The van der Waals surface area contributed by atoms with E-state index in [9.17, 15) is 4.79 Å². The van der Waals surface area contributed by atoms with Gasteiger partial charge in [0.25, 0.3) is 0 Å². The maximum absolute atomic E-state index is 12.4. The predicted octanol–water partition coefficient (Wildman–Crippen LogP) is 4.30. The molecular weight excluding hydrogens is 246 g/mol. The number of hydrogen-bond acceptors (Lipinski definition) is 1. The maximum atomic E-state index is 12.4. The Hall–Kier alpha value is -2.09. The van der Waals surface area contributed by atoms with Crippen molar-refractivity contribution < 1.29 is 4.79 Å². The Bertz CT molecular complexity index is 590. The molecule has 2 heteroatoms. The van der Waals surface area contributed by atoms with Crippen LogP contribution in [0.5, 0.6) is 0 Å². The highest BCUT2D eigenvalue weighted by Gasteiger charge is 2.16. The first-order valence-electron chi connectivity index (χ1n) is 7.07. The number of nitrogens with one attached hydrogen (secondary N) is 1. The average Bonchev–Trinajstić information content (AvgIpc) is 2.47. The van der Waals surface area contributed by atoms with E-state index in [4.69, 9.17) is 0 Å². The molecule has 0 radical (unpaired) electrons. The van der Waals surface area contributed by atoms with Crippen molar-refractivity contribution in [2.45, 2.75) is 33.1 Å². The van der Waals surface area contributed by atoms with Gasteiger partial charge in [0.05, 0.1) is 5.92 Å². The zero-order chi connectivity index (χ0) is 14.5. The maximum Gasteiger partial charge on any atom is 0.231 e. The molecular formula is C18H21NO. The van der Waals surface area contributed by atoms with Crippen molar-refractivity contribution >= 4 is 11.6 Å². The minimum Gasteiger partial charge on any atom is -0.325 e. The van der Waals surface area contributed by atoms with Crippen molar-refractivity contribution in [3.05, 3.63) is 65.2 Å². The standard InChI is InChI=1S/C18H21NO/c1-4-15-11-10-13(2)12-17(15)19-18(20)14(3)16-8-6-5-7-9-16/h5-12,14H,4H2,1-3H3,(H,19,20). The van der Waals surface area contributed by atoms with Crippen molar-refractivity contribution in [3.63, 3.8) is 0 Å². The molecule has 1 atom stereocenters. The quantitative estimate of drug-likeness (QED) is 0.879. The van der Waals surface area contributed by atoms with E-state index >= 15 is 0 Å². The third kappa shape index (κ3) is 3.27. The van der Waals surface area contributed by atoms with E-state index in [1.165, 1.54) is 5.56 Å². The van der Waals surface area contributed by atoms with Crippen LogP contribution < -0.4 is 5.32 Å². The van der Waals surface area contributed by atoms with Crippen molar-refractivity contribution in [2.75, 3.05) is 5.32 Å². The number of carbonyl (C=O) groups excluding carboxylic acids is 1. The summed E-state index contributed by atoms with van der Waals surface area (Å²) < 4.78 is 0. The Morgan fingerprint density at radius 3 is 2.50 bits per heavy atom. The van der Waals surface area contributed by atoms with Crippen LogP contribution in [0.3, 0.4) is 0 Å². The number of hydrogen-bond donors (Lipinski definition) is 1. The Kier molecular flexibility index (Phi) is 4.57. The number of amides is 1. The summed E-state index contributed by atoms with van der Waals surface area (Å²) in [4.78, 5) is 12.4. The molecule has 2 aromatic carbocycles. The molecule has 104 valence electrons. The van der Waals surface area contributed by atoms with E-state index in [1.54, 1.807) is 0 Å². The van der Waals surface area contributed by atoms with Crippen LogP contribution in [-0.2, 0) is 11.2 Å². The van der Waals surface area contributed by atoms with Gasteiger partial charge in [-0.2, -0.15) is 0 Å². The van der Waals surface area contributed by atoms with Crippen LogP contribution in [0.4, 0.5) is 5.69 Å². The van der Waals surface area contributed by atoms with Crippen molar-refractivity contribution in [3.8, 4) is 0 Å². The molecule has 2 rings (SSSR count). The van der Waals surface area contributed by atoms with Gasteiger partial charge in [-0.25, -0.2) is 0 Å². The minimum absolute atomic E-state index is 0.0384. The van der Waals surface area contributed by atoms with E-state index in [0.717, 1.165) is 23.2 Å². The molecule has 0 bridgehead atoms. The fourth-order valence-corrected chi connectivity index (χ4v) is 2.25. The number of benzene rings is 2. The summed E-state index contributed by atoms with van der Waals surface area (Å²) in [5.74, 6) is -0.113. The summed E-state index contributed by atoms with van der Waals surface area (Å²) in [6.45, 7) is 6.07. The van der Waals surface area contributed by atoms with Gasteiger partial charge in [0.2, 0.25) is 5.91 Å². The molecule has 0 aliphatic carbocycles. The predicted molar refractivity (Wildman–Crippen MR) is 84.0 cm³/mol. The lowest BCUT2D eigenvalue weighted by Crippen LogP contribution is -2.19. The lowest BCUT2D eigenvalue weighted by Gasteiger charge is -2.15. The van der Waals surface area contributed by atoms with Crippen LogP contribution in [0.15, 0.2) is 48.5 Å². The molecule has 0 saturated carbocycles. The van der Waals surface area contributed by atoms with Crippen LogP contribution in [0.25, 0.3) is 0 Å². The number of anilines is 1. The molecule has 1 unspecified atom stereocenters. The fraction of sp³-hybridized carbons (Fsp3) is 0.278. The van der Waals surface area contributed by atoms with Gasteiger partial charge >= 0.3 is 0 Å². The molecule has 20 heavy (non-hydrogen) atoms. The van der Waals surface area contributed by atoms with Crippen LogP contribution in [0.1, 0.15) is 36.5 Å². The molecule has 1 amide bonds. The van der Waals surface area contributed by atoms with E-state index in [1.807, 2.05) is 50.2 Å². The molecule has 0 aromatic heterocycles. The monoisotopic (exact) mass is 267 g/mol. The molecule has 2 aromatic rings. The van der Waals surface area contributed by atoms with Crippen molar-refractivity contribution in [1.82, 2.24) is 0 Å². The lowest BCUT2D eigenvalue weighted by atomic mass is 10.00. The highest BCUT2D eigenvalue weighted by Crippen LogP contribution is 2.21. The highest BCUT2D eigenvalue weighted by atomic mass is 16.1. The number of carbonyl (C=O) groups is 1. The summed E-state index contributed by atoms with van der Waals surface area (Å²) in [6.07, 6.45) is 0.912. The number of rotatable bonds is 4. The summed E-state index contributed by atoms with van der Waals surface area (Å²) >= 11 is 0. The summed E-state index contributed by atoms with van der Waals surface area (Å²) in [6, 6.07) is 16.1. The first-order chi connectivity index (χ1) is 9.61. The van der Waals surface area contributed by atoms with Crippen LogP contribution in [0.2, 0.25) is 0 Å². The van der Waals surface area contributed by atoms with Gasteiger partial charge < -0.3 is 5.32 Å². The molecule has 2 nitrogen and oxygen atoms in total. The second-order valence-electron chi connectivity index (χ2n) is 5.14. The highest BCUT2D eigenvalue weighted by molar-refractivity contribution is 5.96. The first kappa shape index (κ1) is 14.3. The molecule has 0 aliphatic rings. The van der Waals surface area contributed by atoms with E-state index < -0.39 is 0 Å². The zero-order valence-corrected chi connectivity index (χ0v) is 12.3.